The van der Waals surface area contributed by atoms with Gasteiger partial charge in [-0.3, -0.25) is 4.98 Å². The zero-order valence-corrected chi connectivity index (χ0v) is 13.8. The number of aromatic amines is 1. The Kier molecular flexibility index (Phi) is 4.28. The molecule has 3 aromatic heterocycles. The molecule has 0 unspecified atom stereocenters. The quantitative estimate of drug-likeness (QED) is 0.515. The number of halogens is 1. The molecule has 3 N–H and O–H groups in total. The Labute approximate surface area is 148 Å². The molecule has 26 heavy (non-hydrogen) atoms. The molecule has 0 amide bonds. The SMILES string of the molecule is OCCNc1cc(-c2cc3ncc(-c4ccc(F)cc4)nc3[nH]2)ccn1. The van der Waals surface area contributed by atoms with Crippen molar-refractivity contribution in [3.05, 3.63) is 60.7 Å². The summed E-state index contributed by atoms with van der Waals surface area (Å²) in [5, 5.41) is 11.9. The minimum atomic E-state index is -0.284. The van der Waals surface area contributed by atoms with Crippen LogP contribution in [0, 0.1) is 5.82 Å². The van der Waals surface area contributed by atoms with E-state index in [4.69, 9.17) is 5.11 Å². The van der Waals surface area contributed by atoms with Crippen molar-refractivity contribution in [1.82, 2.24) is 19.9 Å². The highest BCUT2D eigenvalue weighted by atomic mass is 19.1. The molecule has 6 nitrogen and oxygen atoms in total. The van der Waals surface area contributed by atoms with Crippen molar-refractivity contribution in [2.45, 2.75) is 0 Å². The zero-order chi connectivity index (χ0) is 17.9. The average molecular weight is 349 g/mol. The van der Waals surface area contributed by atoms with Crippen LogP contribution >= 0.6 is 0 Å². The largest absolute Gasteiger partial charge is 0.395 e. The van der Waals surface area contributed by atoms with Gasteiger partial charge in [0.1, 0.15) is 17.2 Å². The molecule has 0 radical (unpaired) electrons. The number of rotatable bonds is 5. The van der Waals surface area contributed by atoms with Gasteiger partial charge in [0.05, 0.1) is 18.5 Å². The number of H-pyrrole nitrogens is 1. The van der Waals surface area contributed by atoms with Gasteiger partial charge >= 0.3 is 0 Å². The number of fused-ring (bicyclic) bond motifs is 1. The van der Waals surface area contributed by atoms with Crippen molar-refractivity contribution >= 4 is 17.0 Å². The second kappa shape index (κ2) is 6.89. The summed E-state index contributed by atoms with van der Waals surface area (Å²) in [6.45, 7) is 0.478. The number of aliphatic hydroxyl groups excluding tert-OH is 1. The fraction of sp³-hybridized carbons (Fsp3) is 0.105. The number of hydrogen-bond acceptors (Lipinski definition) is 5. The van der Waals surface area contributed by atoms with Gasteiger partial charge in [0.25, 0.3) is 0 Å². The molecule has 0 fully saturated rings. The van der Waals surface area contributed by atoms with E-state index in [-0.39, 0.29) is 12.4 Å². The van der Waals surface area contributed by atoms with E-state index < -0.39 is 0 Å². The lowest BCUT2D eigenvalue weighted by Gasteiger charge is -2.04. The molecule has 1 aromatic carbocycles. The van der Waals surface area contributed by atoms with E-state index in [9.17, 15) is 4.39 Å². The van der Waals surface area contributed by atoms with Gasteiger partial charge in [0, 0.05) is 29.6 Å². The number of nitrogens with one attached hydrogen (secondary N) is 2. The maximum Gasteiger partial charge on any atom is 0.157 e. The van der Waals surface area contributed by atoms with Gasteiger partial charge in [-0.25, -0.2) is 14.4 Å². The summed E-state index contributed by atoms with van der Waals surface area (Å²) in [6, 6.07) is 11.9. The monoisotopic (exact) mass is 349 g/mol. The smallest absolute Gasteiger partial charge is 0.157 e. The lowest BCUT2D eigenvalue weighted by atomic mass is 10.1. The van der Waals surface area contributed by atoms with Crippen LogP contribution in [-0.4, -0.2) is 38.2 Å². The normalized spacial score (nSPS) is 11.0. The van der Waals surface area contributed by atoms with Crippen molar-refractivity contribution in [1.29, 1.82) is 0 Å². The minimum Gasteiger partial charge on any atom is -0.395 e. The molecule has 0 bridgehead atoms. The van der Waals surface area contributed by atoms with Gasteiger partial charge in [0.15, 0.2) is 5.65 Å². The zero-order valence-electron chi connectivity index (χ0n) is 13.8. The summed E-state index contributed by atoms with van der Waals surface area (Å²) in [7, 11) is 0. The van der Waals surface area contributed by atoms with Crippen LogP contribution in [0.4, 0.5) is 10.2 Å². The maximum atomic E-state index is 13.1. The summed E-state index contributed by atoms with van der Waals surface area (Å²) >= 11 is 0. The van der Waals surface area contributed by atoms with E-state index in [0.29, 0.717) is 23.7 Å². The first kappa shape index (κ1) is 16.2. The minimum absolute atomic E-state index is 0.0400. The number of nitrogens with zero attached hydrogens (tertiary/aromatic N) is 3. The number of hydrogen-bond donors (Lipinski definition) is 3. The van der Waals surface area contributed by atoms with E-state index in [1.165, 1.54) is 12.1 Å². The van der Waals surface area contributed by atoms with Crippen molar-refractivity contribution < 1.29 is 9.50 Å². The van der Waals surface area contributed by atoms with Crippen LogP contribution in [0.1, 0.15) is 0 Å². The molecule has 7 heteroatoms. The molecule has 0 aliphatic rings. The Bertz CT molecular complexity index is 1050. The van der Waals surface area contributed by atoms with Gasteiger partial charge in [-0.1, -0.05) is 0 Å². The van der Waals surface area contributed by atoms with Crippen LogP contribution in [0.2, 0.25) is 0 Å². The van der Waals surface area contributed by atoms with E-state index in [2.05, 4.69) is 25.3 Å². The highest BCUT2D eigenvalue weighted by molar-refractivity contribution is 5.81. The first-order valence-electron chi connectivity index (χ1n) is 8.16. The predicted octanol–water partition coefficient (Wildman–Crippen LogP) is 3.23. The topological polar surface area (TPSA) is 86.7 Å². The maximum absolute atomic E-state index is 13.1. The van der Waals surface area contributed by atoms with E-state index >= 15 is 0 Å². The van der Waals surface area contributed by atoms with Crippen LogP contribution in [0.3, 0.4) is 0 Å². The van der Waals surface area contributed by atoms with Crippen LogP contribution < -0.4 is 5.32 Å². The molecule has 0 saturated carbocycles. The Hall–Kier alpha value is -3.32. The first-order valence-corrected chi connectivity index (χ1v) is 8.16. The Morgan fingerprint density at radius 3 is 2.69 bits per heavy atom. The van der Waals surface area contributed by atoms with Crippen LogP contribution in [0.15, 0.2) is 54.9 Å². The molecule has 130 valence electrons. The summed E-state index contributed by atoms with van der Waals surface area (Å²) in [4.78, 5) is 16.5. The molecule has 0 aliphatic carbocycles. The summed E-state index contributed by atoms with van der Waals surface area (Å²) in [6.07, 6.45) is 3.37. The molecular formula is C19H16FN5O. The molecule has 0 saturated heterocycles. The van der Waals surface area contributed by atoms with Crippen molar-refractivity contribution in [3.8, 4) is 22.5 Å². The number of benzene rings is 1. The number of aliphatic hydroxyl groups is 1. The number of aromatic nitrogens is 4. The molecular weight excluding hydrogens is 333 g/mol. The highest BCUT2D eigenvalue weighted by Crippen LogP contribution is 2.25. The number of anilines is 1. The van der Waals surface area contributed by atoms with Gasteiger partial charge < -0.3 is 15.4 Å². The Morgan fingerprint density at radius 1 is 1.04 bits per heavy atom. The number of pyridine rings is 1. The van der Waals surface area contributed by atoms with Crippen molar-refractivity contribution in [3.63, 3.8) is 0 Å². The second-order valence-corrected chi connectivity index (χ2v) is 5.76. The van der Waals surface area contributed by atoms with Gasteiger partial charge in [-0.05, 0) is 42.5 Å². The lowest BCUT2D eigenvalue weighted by Crippen LogP contribution is -2.06. The average Bonchev–Trinajstić information content (AvgIpc) is 3.10. The summed E-state index contributed by atoms with van der Waals surface area (Å²) in [5.74, 6) is 0.399. The van der Waals surface area contributed by atoms with E-state index in [0.717, 1.165) is 22.3 Å². The Morgan fingerprint density at radius 2 is 1.88 bits per heavy atom. The third kappa shape index (κ3) is 3.25. The molecule has 3 heterocycles. The molecule has 4 rings (SSSR count). The molecule has 0 spiro atoms. The van der Waals surface area contributed by atoms with Crippen molar-refractivity contribution in [2.24, 2.45) is 0 Å². The standard InChI is InChI=1S/C19H16FN5O/c20-14-3-1-12(2-4-14)17-11-23-16-10-15(24-19(16)25-17)13-5-6-21-18(9-13)22-7-8-26/h1-6,9-11,26H,7-8H2,(H,21,22)(H,24,25). The van der Waals surface area contributed by atoms with E-state index in [1.807, 2.05) is 18.2 Å². The van der Waals surface area contributed by atoms with Gasteiger partial charge in [-0.2, -0.15) is 0 Å². The first-order chi connectivity index (χ1) is 12.7. The molecule has 4 aromatic rings. The van der Waals surface area contributed by atoms with Crippen LogP contribution in [-0.2, 0) is 0 Å². The lowest BCUT2D eigenvalue weighted by molar-refractivity contribution is 0.311. The second-order valence-electron chi connectivity index (χ2n) is 5.76. The third-order valence-corrected chi connectivity index (χ3v) is 3.96. The van der Waals surface area contributed by atoms with Gasteiger partial charge in [0.2, 0.25) is 0 Å². The fourth-order valence-electron chi connectivity index (χ4n) is 2.69. The summed E-state index contributed by atoms with van der Waals surface area (Å²) < 4.78 is 13.1. The van der Waals surface area contributed by atoms with Gasteiger partial charge in [-0.15, -0.1) is 0 Å². The third-order valence-electron chi connectivity index (χ3n) is 3.96. The predicted molar refractivity (Wildman–Crippen MR) is 98.1 cm³/mol. The fourth-order valence-corrected chi connectivity index (χ4v) is 2.69. The summed E-state index contributed by atoms with van der Waals surface area (Å²) in [5.41, 5.74) is 4.67. The van der Waals surface area contributed by atoms with Crippen molar-refractivity contribution in [2.75, 3.05) is 18.5 Å². The molecule has 0 aliphatic heterocycles. The van der Waals surface area contributed by atoms with Crippen LogP contribution in [0.5, 0.6) is 0 Å². The van der Waals surface area contributed by atoms with Crippen LogP contribution in [0.25, 0.3) is 33.7 Å². The molecule has 0 atom stereocenters. The highest BCUT2D eigenvalue weighted by Gasteiger charge is 2.09. The Balaban J connectivity index is 1.68. The van der Waals surface area contributed by atoms with E-state index in [1.54, 1.807) is 24.5 Å².